The Labute approximate surface area is 475 Å². The topological polar surface area (TPSA) is 78.9 Å². The molecule has 0 rings (SSSR count). The lowest BCUT2D eigenvalue weighted by Gasteiger charge is -2.18. The first-order chi connectivity index (χ1) is 37.5. The van der Waals surface area contributed by atoms with Gasteiger partial charge in [0.1, 0.15) is 13.2 Å². The molecule has 0 aliphatic rings. The summed E-state index contributed by atoms with van der Waals surface area (Å²) in [4.78, 5) is 38.3. The van der Waals surface area contributed by atoms with Gasteiger partial charge in [-0.1, -0.05) is 348 Å². The van der Waals surface area contributed by atoms with Gasteiger partial charge in [0.2, 0.25) is 0 Å². The maximum atomic E-state index is 12.9. The summed E-state index contributed by atoms with van der Waals surface area (Å²) in [7, 11) is 0. The van der Waals surface area contributed by atoms with E-state index in [0.29, 0.717) is 19.3 Å². The fourth-order valence-corrected chi connectivity index (χ4v) is 10.8. The van der Waals surface area contributed by atoms with E-state index < -0.39 is 6.10 Å². The van der Waals surface area contributed by atoms with E-state index in [1.54, 1.807) is 0 Å². The molecule has 1 atom stereocenters. The van der Waals surface area contributed by atoms with Crippen molar-refractivity contribution in [3.63, 3.8) is 0 Å². The normalized spacial score (nSPS) is 12.0. The van der Waals surface area contributed by atoms with Crippen LogP contribution in [0.3, 0.4) is 0 Å². The molecule has 450 valence electrons. The molecule has 0 radical (unpaired) electrons. The average Bonchev–Trinajstić information content (AvgIpc) is 3.42. The molecule has 0 saturated carbocycles. The smallest absolute Gasteiger partial charge is 0.306 e. The Morgan fingerprint density at radius 2 is 0.434 bits per heavy atom. The van der Waals surface area contributed by atoms with Crippen molar-refractivity contribution in [2.75, 3.05) is 13.2 Å². The van der Waals surface area contributed by atoms with Crippen LogP contribution in [-0.4, -0.2) is 37.2 Å². The van der Waals surface area contributed by atoms with Crippen molar-refractivity contribution in [3.05, 3.63) is 12.2 Å². The van der Waals surface area contributed by atoms with E-state index in [-0.39, 0.29) is 31.1 Å². The van der Waals surface area contributed by atoms with Crippen LogP contribution in [0.5, 0.6) is 0 Å². The standard InChI is InChI=1S/C70H134O6/c1-4-7-10-13-16-19-22-25-27-29-30-31-32-33-34-35-36-37-38-39-40-41-42-44-45-48-51-54-57-60-63-69(72)75-66-67(65-74-68(71)62-59-56-53-50-47-24-21-18-15-12-9-6-3)76-70(73)64-61-58-55-52-49-46-43-28-26-23-20-17-14-11-8-5-2/h18,21,67H,4-17,19-20,22-66H2,1-3H3/b21-18-. The summed E-state index contributed by atoms with van der Waals surface area (Å²) in [5, 5.41) is 0. The van der Waals surface area contributed by atoms with Gasteiger partial charge in [-0.05, 0) is 44.9 Å². The lowest BCUT2D eigenvalue weighted by molar-refractivity contribution is -0.167. The molecule has 0 fully saturated rings. The highest BCUT2D eigenvalue weighted by Crippen LogP contribution is 2.19. The summed E-state index contributed by atoms with van der Waals surface area (Å²) in [6.07, 6.45) is 78.3. The molecule has 0 aromatic rings. The van der Waals surface area contributed by atoms with Crippen LogP contribution in [0.1, 0.15) is 400 Å². The maximum Gasteiger partial charge on any atom is 0.306 e. The number of rotatable bonds is 65. The maximum absolute atomic E-state index is 12.9. The molecule has 0 spiro atoms. The molecule has 0 aromatic heterocycles. The number of allylic oxidation sites excluding steroid dienone is 2. The van der Waals surface area contributed by atoms with Crippen LogP contribution in [0.25, 0.3) is 0 Å². The van der Waals surface area contributed by atoms with Gasteiger partial charge in [-0.25, -0.2) is 0 Å². The molecule has 0 heterocycles. The first kappa shape index (κ1) is 74.2. The number of hydrogen-bond donors (Lipinski definition) is 0. The third-order valence-electron chi connectivity index (χ3n) is 16.0. The molecule has 6 heteroatoms. The zero-order valence-corrected chi connectivity index (χ0v) is 51.8. The first-order valence-corrected chi connectivity index (χ1v) is 34.7. The lowest BCUT2D eigenvalue weighted by atomic mass is 10.0. The number of hydrogen-bond acceptors (Lipinski definition) is 6. The van der Waals surface area contributed by atoms with Crippen molar-refractivity contribution >= 4 is 17.9 Å². The molecule has 6 nitrogen and oxygen atoms in total. The van der Waals surface area contributed by atoms with Gasteiger partial charge < -0.3 is 14.2 Å². The van der Waals surface area contributed by atoms with Crippen molar-refractivity contribution in [2.45, 2.75) is 406 Å². The molecule has 0 aliphatic carbocycles. The highest BCUT2D eigenvalue weighted by atomic mass is 16.6. The monoisotopic (exact) mass is 1070 g/mol. The van der Waals surface area contributed by atoms with Gasteiger partial charge in [0.05, 0.1) is 0 Å². The number of carbonyl (C=O) groups is 3. The van der Waals surface area contributed by atoms with E-state index in [1.807, 2.05) is 0 Å². The Balaban J connectivity index is 4.09. The summed E-state index contributed by atoms with van der Waals surface area (Å²) >= 11 is 0. The molecular weight excluding hydrogens is 937 g/mol. The second kappa shape index (κ2) is 65.7. The van der Waals surface area contributed by atoms with Gasteiger partial charge >= 0.3 is 17.9 Å². The number of carbonyl (C=O) groups excluding carboxylic acids is 3. The van der Waals surface area contributed by atoms with E-state index in [0.717, 1.165) is 64.2 Å². The van der Waals surface area contributed by atoms with Gasteiger partial charge in [-0.3, -0.25) is 14.4 Å². The summed E-state index contributed by atoms with van der Waals surface area (Å²) in [6, 6.07) is 0. The molecule has 0 bridgehead atoms. The van der Waals surface area contributed by atoms with Crippen LogP contribution in [-0.2, 0) is 28.6 Å². The second-order valence-electron chi connectivity index (χ2n) is 23.8. The minimum absolute atomic E-state index is 0.0660. The average molecular weight is 1070 g/mol. The van der Waals surface area contributed by atoms with E-state index in [9.17, 15) is 14.4 Å². The molecule has 76 heavy (non-hydrogen) atoms. The van der Waals surface area contributed by atoms with Gasteiger partial charge in [0, 0.05) is 19.3 Å². The van der Waals surface area contributed by atoms with Crippen molar-refractivity contribution in [1.29, 1.82) is 0 Å². The van der Waals surface area contributed by atoms with Gasteiger partial charge in [-0.2, -0.15) is 0 Å². The predicted octanol–water partition coefficient (Wildman–Crippen LogP) is 23.6. The zero-order chi connectivity index (χ0) is 55.0. The van der Waals surface area contributed by atoms with Crippen LogP contribution in [0.15, 0.2) is 12.2 Å². The predicted molar refractivity (Wildman–Crippen MR) is 330 cm³/mol. The highest BCUT2D eigenvalue weighted by Gasteiger charge is 2.19. The number of unbranched alkanes of at least 4 members (excludes halogenated alkanes) is 52. The second-order valence-corrected chi connectivity index (χ2v) is 23.8. The fourth-order valence-electron chi connectivity index (χ4n) is 10.8. The van der Waals surface area contributed by atoms with Crippen molar-refractivity contribution in [3.8, 4) is 0 Å². The molecule has 0 aliphatic heterocycles. The van der Waals surface area contributed by atoms with Crippen LogP contribution >= 0.6 is 0 Å². The third-order valence-corrected chi connectivity index (χ3v) is 16.0. The molecule has 1 unspecified atom stereocenters. The summed E-state index contributed by atoms with van der Waals surface area (Å²) in [5.41, 5.74) is 0. The fraction of sp³-hybridized carbons (Fsp3) is 0.929. The van der Waals surface area contributed by atoms with E-state index in [4.69, 9.17) is 14.2 Å². The Bertz CT molecular complexity index is 1180. The Morgan fingerprint density at radius 1 is 0.250 bits per heavy atom. The summed E-state index contributed by atoms with van der Waals surface area (Å²) in [5.74, 6) is -0.844. The molecule has 0 amide bonds. The number of esters is 3. The lowest BCUT2D eigenvalue weighted by Crippen LogP contribution is -2.30. The molecule has 0 aromatic carbocycles. The van der Waals surface area contributed by atoms with Crippen LogP contribution in [0, 0.1) is 0 Å². The van der Waals surface area contributed by atoms with Crippen molar-refractivity contribution in [2.24, 2.45) is 0 Å². The molecule has 0 N–H and O–H groups in total. The number of ether oxygens (including phenoxy) is 3. The van der Waals surface area contributed by atoms with E-state index in [2.05, 4.69) is 32.9 Å². The van der Waals surface area contributed by atoms with Crippen molar-refractivity contribution < 1.29 is 28.6 Å². The Morgan fingerprint density at radius 3 is 0.684 bits per heavy atom. The van der Waals surface area contributed by atoms with E-state index in [1.165, 1.54) is 295 Å². The summed E-state index contributed by atoms with van der Waals surface area (Å²) < 4.78 is 16.9. The minimum atomic E-state index is -0.769. The quantitative estimate of drug-likeness (QED) is 0.0261. The molecule has 0 saturated heterocycles. The minimum Gasteiger partial charge on any atom is -0.462 e. The largest absolute Gasteiger partial charge is 0.462 e. The zero-order valence-electron chi connectivity index (χ0n) is 51.8. The SMILES string of the molecule is CCCCC/C=C\CCCCCCCC(=O)OCC(COC(=O)CCCCCCCCCCCCCCCCCCCCCCCCCCCCCCCC)OC(=O)CCCCCCCCCCCCCCCCCC. The first-order valence-electron chi connectivity index (χ1n) is 34.7. The van der Waals surface area contributed by atoms with Crippen LogP contribution in [0.2, 0.25) is 0 Å². The summed E-state index contributed by atoms with van der Waals surface area (Å²) in [6.45, 7) is 6.69. The van der Waals surface area contributed by atoms with Crippen LogP contribution < -0.4 is 0 Å². The third kappa shape index (κ3) is 63.0. The highest BCUT2D eigenvalue weighted by molar-refractivity contribution is 5.71. The molecular formula is C70H134O6. The van der Waals surface area contributed by atoms with Gasteiger partial charge in [0.15, 0.2) is 6.10 Å². The Hall–Kier alpha value is -1.85. The van der Waals surface area contributed by atoms with Gasteiger partial charge in [-0.15, -0.1) is 0 Å². The van der Waals surface area contributed by atoms with E-state index >= 15 is 0 Å². The van der Waals surface area contributed by atoms with Crippen molar-refractivity contribution in [1.82, 2.24) is 0 Å². The van der Waals surface area contributed by atoms with Crippen LogP contribution in [0.4, 0.5) is 0 Å². The van der Waals surface area contributed by atoms with Gasteiger partial charge in [0.25, 0.3) is 0 Å². The Kier molecular flexibility index (Phi) is 64.1.